The number of anilines is 2. The maximum absolute atomic E-state index is 13.0. The van der Waals surface area contributed by atoms with Crippen molar-refractivity contribution >= 4 is 23.2 Å². The normalized spacial score (nSPS) is 18.7. The van der Waals surface area contributed by atoms with Gasteiger partial charge < -0.3 is 15.0 Å². The van der Waals surface area contributed by atoms with Crippen molar-refractivity contribution in [1.82, 2.24) is 0 Å². The van der Waals surface area contributed by atoms with E-state index in [1.54, 1.807) is 18.2 Å². The van der Waals surface area contributed by atoms with E-state index in [9.17, 15) is 9.59 Å². The van der Waals surface area contributed by atoms with E-state index in [1.165, 1.54) is 5.56 Å². The third-order valence-corrected chi connectivity index (χ3v) is 4.29. The van der Waals surface area contributed by atoms with Gasteiger partial charge in [-0.2, -0.15) is 0 Å². The van der Waals surface area contributed by atoms with E-state index >= 15 is 0 Å². The van der Waals surface area contributed by atoms with Gasteiger partial charge in [0.05, 0.1) is 5.69 Å². The highest BCUT2D eigenvalue weighted by Gasteiger charge is 2.31. The zero-order chi connectivity index (χ0) is 16.0. The van der Waals surface area contributed by atoms with Crippen LogP contribution in [0.25, 0.3) is 0 Å². The monoisotopic (exact) mass is 308 g/mol. The highest BCUT2D eigenvalue weighted by Crippen LogP contribution is 2.35. The second-order valence-corrected chi connectivity index (χ2v) is 5.90. The Morgan fingerprint density at radius 1 is 1.26 bits per heavy atom. The first kappa shape index (κ1) is 13.8. The number of hydrogen-bond acceptors (Lipinski definition) is 3. The molecule has 116 valence electrons. The fourth-order valence-corrected chi connectivity index (χ4v) is 3.22. The molecule has 0 bridgehead atoms. The Kier molecular flexibility index (Phi) is 3.08. The van der Waals surface area contributed by atoms with E-state index < -0.39 is 0 Å². The van der Waals surface area contributed by atoms with Crippen molar-refractivity contribution in [3.8, 4) is 5.75 Å². The topological polar surface area (TPSA) is 58.6 Å². The predicted octanol–water partition coefficient (Wildman–Crippen LogP) is 2.61. The van der Waals surface area contributed by atoms with Crippen LogP contribution in [0.15, 0.2) is 42.5 Å². The average molecular weight is 308 g/mol. The summed E-state index contributed by atoms with van der Waals surface area (Å²) in [4.78, 5) is 26.1. The molecule has 0 unspecified atom stereocenters. The minimum Gasteiger partial charge on any atom is -0.482 e. The molecule has 0 spiro atoms. The van der Waals surface area contributed by atoms with Crippen molar-refractivity contribution in [2.45, 2.75) is 19.4 Å². The number of carbonyl (C=O) groups excluding carboxylic acids is 2. The molecular weight excluding hydrogens is 292 g/mol. The minimum absolute atomic E-state index is 0.0202. The van der Waals surface area contributed by atoms with Gasteiger partial charge >= 0.3 is 0 Å². The number of rotatable bonds is 1. The quantitative estimate of drug-likeness (QED) is 0.881. The van der Waals surface area contributed by atoms with Crippen LogP contribution in [0.2, 0.25) is 0 Å². The number of amides is 2. The molecule has 5 nitrogen and oxygen atoms in total. The zero-order valence-corrected chi connectivity index (χ0v) is 12.7. The van der Waals surface area contributed by atoms with Crippen LogP contribution in [0.4, 0.5) is 11.4 Å². The van der Waals surface area contributed by atoms with E-state index in [4.69, 9.17) is 4.74 Å². The molecule has 2 aromatic rings. The summed E-state index contributed by atoms with van der Waals surface area (Å²) < 4.78 is 5.40. The molecule has 4 rings (SSSR count). The molecule has 0 fully saturated rings. The first-order valence-electron chi connectivity index (χ1n) is 7.61. The van der Waals surface area contributed by atoms with Gasteiger partial charge in [-0.05, 0) is 43.2 Å². The van der Waals surface area contributed by atoms with Gasteiger partial charge in [-0.15, -0.1) is 0 Å². The van der Waals surface area contributed by atoms with Crippen LogP contribution in [-0.4, -0.2) is 24.5 Å². The van der Waals surface area contributed by atoms with Gasteiger partial charge in [0, 0.05) is 17.3 Å². The number of nitrogens with zero attached hydrogens (tertiary/aromatic N) is 1. The lowest BCUT2D eigenvalue weighted by Crippen LogP contribution is -2.35. The summed E-state index contributed by atoms with van der Waals surface area (Å²) in [5, 5.41) is 2.73. The number of fused-ring (bicyclic) bond motifs is 2. The second kappa shape index (κ2) is 5.12. The third-order valence-electron chi connectivity index (χ3n) is 4.29. The number of nitrogens with one attached hydrogen (secondary N) is 1. The standard InChI is InChI=1S/C18H16N2O3/c1-11-8-12-4-2-3-5-15(12)20(11)18(22)13-6-7-14-16(9-13)23-10-17(21)19-14/h2-7,9,11H,8,10H2,1H3,(H,19,21)/t11-/m1/s1. The lowest BCUT2D eigenvalue weighted by molar-refractivity contribution is -0.118. The molecule has 2 aromatic carbocycles. The summed E-state index contributed by atoms with van der Waals surface area (Å²) >= 11 is 0. The lowest BCUT2D eigenvalue weighted by atomic mass is 10.1. The van der Waals surface area contributed by atoms with Crippen LogP contribution in [-0.2, 0) is 11.2 Å². The Bertz CT molecular complexity index is 816. The van der Waals surface area contributed by atoms with Crippen molar-refractivity contribution in [2.75, 3.05) is 16.8 Å². The van der Waals surface area contributed by atoms with Gasteiger partial charge in [0.1, 0.15) is 5.75 Å². The minimum atomic E-state index is -0.182. The molecule has 0 radical (unpaired) electrons. The Balaban J connectivity index is 1.69. The highest BCUT2D eigenvalue weighted by molar-refractivity contribution is 6.08. The summed E-state index contributed by atoms with van der Waals surface area (Å²) in [5.74, 6) is 0.306. The summed E-state index contributed by atoms with van der Waals surface area (Å²) in [5.41, 5.74) is 3.32. The van der Waals surface area contributed by atoms with Crippen molar-refractivity contribution in [3.63, 3.8) is 0 Å². The Morgan fingerprint density at radius 3 is 2.96 bits per heavy atom. The average Bonchev–Trinajstić information content (AvgIpc) is 2.89. The molecule has 2 aliphatic heterocycles. The SMILES string of the molecule is C[C@@H]1Cc2ccccc2N1C(=O)c1ccc2c(c1)OCC(=O)N2. The van der Waals surface area contributed by atoms with Crippen molar-refractivity contribution < 1.29 is 14.3 Å². The summed E-state index contributed by atoms with van der Waals surface area (Å²) in [7, 11) is 0. The van der Waals surface area contributed by atoms with Gasteiger partial charge in [-0.1, -0.05) is 18.2 Å². The number of ether oxygens (including phenoxy) is 1. The molecule has 2 aliphatic rings. The first-order valence-corrected chi connectivity index (χ1v) is 7.61. The van der Waals surface area contributed by atoms with Crippen LogP contribution < -0.4 is 15.0 Å². The van der Waals surface area contributed by atoms with Crippen molar-refractivity contribution in [1.29, 1.82) is 0 Å². The van der Waals surface area contributed by atoms with Crippen molar-refractivity contribution in [3.05, 3.63) is 53.6 Å². The number of carbonyl (C=O) groups is 2. The highest BCUT2D eigenvalue weighted by atomic mass is 16.5. The van der Waals surface area contributed by atoms with Gasteiger partial charge in [-0.3, -0.25) is 9.59 Å². The maximum atomic E-state index is 13.0. The molecule has 0 saturated heterocycles. The zero-order valence-electron chi connectivity index (χ0n) is 12.7. The second-order valence-electron chi connectivity index (χ2n) is 5.90. The molecule has 0 aromatic heterocycles. The van der Waals surface area contributed by atoms with E-state index in [-0.39, 0.29) is 24.5 Å². The summed E-state index contributed by atoms with van der Waals surface area (Å²) in [6.45, 7) is 2.03. The van der Waals surface area contributed by atoms with Crippen LogP contribution in [0.1, 0.15) is 22.8 Å². The maximum Gasteiger partial charge on any atom is 0.262 e. The molecule has 0 aliphatic carbocycles. The first-order chi connectivity index (χ1) is 11.1. The number of hydrogen-bond donors (Lipinski definition) is 1. The van der Waals surface area contributed by atoms with Gasteiger partial charge in [0.15, 0.2) is 6.61 Å². The molecule has 23 heavy (non-hydrogen) atoms. The molecule has 2 heterocycles. The molecule has 2 amide bonds. The van der Waals surface area contributed by atoms with Crippen LogP contribution >= 0.6 is 0 Å². The van der Waals surface area contributed by atoms with E-state index in [1.807, 2.05) is 30.0 Å². The van der Waals surface area contributed by atoms with Gasteiger partial charge in [0.2, 0.25) is 0 Å². The van der Waals surface area contributed by atoms with Crippen molar-refractivity contribution in [2.24, 2.45) is 0 Å². The van der Waals surface area contributed by atoms with Gasteiger partial charge in [0.25, 0.3) is 11.8 Å². The summed E-state index contributed by atoms with van der Waals surface area (Å²) in [6.07, 6.45) is 0.861. The molecular formula is C18H16N2O3. The fraction of sp³-hybridized carbons (Fsp3) is 0.222. The van der Waals surface area contributed by atoms with E-state index in [0.717, 1.165) is 12.1 Å². The van der Waals surface area contributed by atoms with E-state index in [2.05, 4.69) is 11.4 Å². The largest absolute Gasteiger partial charge is 0.482 e. The summed E-state index contributed by atoms with van der Waals surface area (Å²) in [6, 6.07) is 13.2. The van der Waals surface area contributed by atoms with Gasteiger partial charge in [-0.25, -0.2) is 0 Å². The smallest absolute Gasteiger partial charge is 0.262 e. The third kappa shape index (κ3) is 2.25. The molecule has 0 saturated carbocycles. The number of para-hydroxylation sites is 1. The lowest BCUT2D eigenvalue weighted by Gasteiger charge is -2.24. The Morgan fingerprint density at radius 2 is 2.09 bits per heavy atom. The molecule has 1 N–H and O–H groups in total. The predicted molar refractivity (Wildman–Crippen MR) is 87.0 cm³/mol. The van der Waals surface area contributed by atoms with Crippen LogP contribution in [0.5, 0.6) is 5.75 Å². The Labute approximate surface area is 133 Å². The number of benzene rings is 2. The van der Waals surface area contributed by atoms with Crippen LogP contribution in [0.3, 0.4) is 0 Å². The van der Waals surface area contributed by atoms with E-state index in [0.29, 0.717) is 17.0 Å². The fourth-order valence-electron chi connectivity index (χ4n) is 3.22. The molecule has 5 heteroatoms. The van der Waals surface area contributed by atoms with Crippen LogP contribution in [0, 0.1) is 0 Å². The molecule has 1 atom stereocenters. The Hall–Kier alpha value is -2.82.